The number of thiophene rings is 1. The van der Waals surface area contributed by atoms with Crippen LogP contribution < -0.4 is 0 Å². The SMILES string of the molecule is CC(C)c1cccc2sc3cccc(-c4ccccc4)c3c12. The van der Waals surface area contributed by atoms with E-state index in [0.29, 0.717) is 5.92 Å². The van der Waals surface area contributed by atoms with Crippen molar-refractivity contribution in [3.8, 4) is 11.1 Å². The van der Waals surface area contributed by atoms with E-state index in [1.54, 1.807) is 0 Å². The summed E-state index contributed by atoms with van der Waals surface area (Å²) in [6, 6.07) is 24.1. The molecule has 1 heterocycles. The lowest BCUT2D eigenvalue weighted by Gasteiger charge is -2.10. The fraction of sp³-hybridized carbons (Fsp3) is 0.143. The lowest BCUT2D eigenvalue weighted by atomic mass is 9.93. The third-order valence-corrected chi connectivity index (χ3v) is 5.38. The highest BCUT2D eigenvalue weighted by molar-refractivity contribution is 7.26. The quantitative estimate of drug-likeness (QED) is 0.380. The Bertz CT molecular complexity index is 946. The van der Waals surface area contributed by atoms with Crippen LogP contribution in [0.5, 0.6) is 0 Å². The van der Waals surface area contributed by atoms with Crippen LogP contribution in [-0.2, 0) is 0 Å². The Hall–Kier alpha value is -2.12. The maximum atomic E-state index is 2.28. The first kappa shape index (κ1) is 13.5. The zero-order chi connectivity index (χ0) is 15.1. The summed E-state index contributed by atoms with van der Waals surface area (Å²) in [6.45, 7) is 4.56. The lowest BCUT2D eigenvalue weighted by molar-refractivity contribution is 0.877. The second-order valence-electron chi connectivity index (χ2n) is 6.02. The summed E-state index contributed by atoms with van der Waals surface area (Å²) < 4.78 is 2.77. The van der Waals surface area contributed by atoms with Crippen LogP contribution in [0.2, 0.25) is 0 Å². The molecule has 0 saturated heterocycles. The smallest absolute Gasteiger partial charge is 0.0361 e. The first-order valence-electron chi connectivity index (χ1n) is 7.75. The van der Waals surface area contributed by atoms with Gasteiger partial charge in [-0.1, -0.05) is 68.4 Å². The maximum Gasteiger partial charge on any atom is 0.0361 e. The van der Waals surface area contributed by atoms with Crippen molar-refractivity contribution in [3.05, 3.63) is 72.3 Å². The van der Waals surface area contributed by atoms with Crippen LogP contribution in [0, 0.1) is 0 Å². The van der Waals surface area contributed by atoms with E-state index < -0.39 is 0 Å². The van der Waals surface area contributed by atoms with Crippen molar-refractivity contribution >= 4 is 31.5 Å². The third kappa shape index (κ3) is 2.05. The molecule has 0 saturated carbocycles. The molecule has 3 aromatic carbocycles. The lowest BCUT2D eigenvalue weighted by Crippen LogP contribution is -1.88. The number of rotatable bonds is 2. The summed E-state index contributed by atoms with van der Waals surface area (Å²) in [5.41, 5.74) is 4.09. The number of hydrogen-bond donors (Lipinski definition) is 0. The molecular weight excluding hydrogens is 284 g/mol. The number of hydrogen-bond acceptors (Lipinski definition) is 1. The summed E-state index contributed by atoms with van der Waals surface area (Å²) in [5.74, 6) is 0.533. The Morgan fingerprint density at radius 3 is 2.09 bits per heavy atom. The zero-order valence-corrected chi connectivity index (χ0v) is 13.7. The topological polar surface area (TPSA) is 0 Å². The molecule has 4 aromatic rings. The molecule has 22 heavy (non-hydrogen) atoms. The Morgan fingerprint density at radius 2 is 1.36 bits per heavy atom. The molecule has 0 amide bonds. The Labute approximate surface area is 135 Å². The monoisotopic (exact) mass is 302 g/mol. The fourth-order valence-corrected chi connectivity index (χ4v) is 4.40. The van der Waals surface area contributed by atoms with E-state index in [-0.39, 0.29) is 0 Å². The van der Waals surface area contributed by atoms with Gasteiger partial charge in [-0.25, -0.2) is 0 Å². The Morgan fingerprint density at radius 1 is 0.682 bits per heavy atom. The van der Waals surface area contributed by atoms with Gasteiger partial charge in [0.15, 0.2) is 0 Å². The van der Waals surface area contributed by atoms with E-state index in [1.165, 1.54) is 36.9 Å². The summed E-state index contributed by atoms with van der Waals surface area (Å²) in [5, 5.41) is 2.86. The van der Waals surface area contributed by atoms with Gasteiger partial charge in [0.2, 0.25) is 0 Å². The minimum absolute atomic E-state index is 0.533. The van der Waals surface area contributed by atoms with E-state index in [2.05, 4.69) is 80.6 Å². The van der Waals surface area contributed by atoms with Gasteiger partial charge in [0, 0.05) is 20.2 Å². The fourth-order valence-electron chi connectivity index (χ4n) is 3.23. The maximum absolute atomic E-state index is 2.28. The second kappa shape index (κ2) is 5.26. The molecule has 0 atom stereocenters. The van der Waals surface area contributed by atoms with Crippen molar-refractivity contribution in [3.63, 3.8) is 0 Å². The Kier molecular flexibility index (Phi) is 3.24. The third-order valence-electron chi connectivity index (χ3n) is 4.26. The van der Waals surface area contributed by atoms with Crippen LogP contribution in [0.1, 0.15) is 25.3 Å². The summed E-state index contributed by atoms with van der Waals surface area (Å²) >= 11 is 1.90. The van der Waals surface area contributed by atoms with Crippen molar-refractivity contribution in [1.82, 2.24) is 0 Å². The van der Waals surface area contributed by atoms with Crippen molar-refractivity contribution < 1.29 is 0 Å². The first-order chi connectivity index (χ1) is 10.8. The van der Waals surface area contributed by atoms with Gasteiger partial charge in [-0.2, -0.15) is 0 Å². The van der Waals surface area contributed by atoms with Gasteiger partial charge in [-0.15, -0.1) is 11.3 Å². The summed E-state index contributed by atoms with van der Waals surface area (Å²) in [7, 11) is 0. The van der Waals surface area contributed by atoms with E-state index in [0.717, 1.165) is 0 Å². The highest BCUT2D eigenvalue weighted by atomic mass is 32.1. The van der Waals surface area contributed by atoms with E-state index in [4.69, 9.17) is 0 Å². The molecule has 4 rings (SSSR count). The predicted molar refractivity (Wildman–Crippen MR) is 98.9 cm³/mol. The van der Waals surface area contributed by atoms with Crippen LogP contribution in [0.4, 0.5) is 0 Å². The predicted octanol–water partition coefficient (Wildman–Crippen LogP) is 6.84. The van der Waals surface area contributed by atoms with Crippen LogP contribution >= 0.6 is 11.3 Å². The second-order valence-corrected chi connectivity index (χ2v) is 7.11. The molecule has 1 heteroatoms. The molecule has 0 fully saturated rings. The van der Waals surface area contributed by atoms with Gasteiger partial charge in [-0.05, 0) is 34.7 Å². The van der Waals surface area contributed by atoms with Gasteiger partial charge in [0.25, 0.3) is 0 Å². The number of fused-ring (bicyclic) bond motifs is 3. The van der Waals surface area contributed by atoms with Gasteiger partial charge >= 0.3 is 0 Å². The average Bonchev–Trinajstić information content (AvgIpc) is 2.94. The molecule has 0 bridgehead atoms. The molecule has 1 aromatic heterocycles. The first-order valence-corrected chi connectivity index (χ1v) is 8.57. The summed E-state index contributed by atoms with van der Waals surface area (Å²) in [6.07, 6.45) is 0. The van der Waals surface area contributed by atoms with E-state index >= 15 is 0 Å². The summed E-state index contributed by atoms with van der Waals surface area (Å²) in [4.78, 5) is 0. The molecule has 0 radical (unpaired) electrons. The zero-order valence-electron chi connectivity index (χ0n) is 12.8. The van der Waals surface area contributed by atoms with Crippen LogP contribution in [0.15, 0.2) is 66.7 Å². The minimum atomic E-state index is 0.533. The average molecular weight is 302 g/mol. The van der Waals surface area contributed by atoms with Gasteiger partial charge in [0.1, 0.15) is 0 Å². The molecule has 0 aliphatic heterocycles. The molecular formula is C21H18S. The largest absolute Gasteiger partial charge is 0.135 e. The Balaban J connectivity index is 2.17. The highest BCUT2D eigenvalue weighted by Crippen LogP contribution is 2.42. The van der Waals surface area contributed by atoms with Crippen LogP contribution in [-0.4, -0.2) is 0 Å². The van der Waals surface area contributed by atoms with Crippen molar-refractivity contribution in [1.29, 1.82) is 0 Å². The molecule has 0 unspecified atom stereocenters. The standard InChI is InChI=1S/C21H18S/c1-14(2)16-10-6-12-18-20(16)21-17(11-7-13-19(21)22-18)15-8-4-3-5-9-15/h3-14H,1-2H3. The molecule has 108 valence electrons. The molecule has 0 aliphatic carbocycles. The normalized spacial score (nSPS) is 11.6. The van der Waals surface area contributed by atoms with Crippen LogP contribution in [0.3, 0.4) is 0 Å². The van der Waals surface area contributed by atoms with E-state index in [9.17, 15) is 0 Å². The highest BCUT2D eigenvalue weighted by Gasteiger charge is 2.14. The molecule has 0 N–H and O–H groups in total. The molecule has 0 spiro atoms. The molecule has 0 nitrogen and oxygen atoms in total. The van der Waals surface area contributed by atoms with Crippen molar-refractivity contribution in [2.75, 3.05) is 0 Å². The van der Waals surface area contributed by atoms with Crippen LogP contribution in [0.25, 0.3) is 31.3 Å². The molecule has 0 aliphatic rings. The minimum Gasteiger partial charge on any atom is -0.135 e. The van der Waals surface area contributed by atoms with Crippen molar-refractivity contribution in [2.24, 2.45) is 0 Å². The van der Waals surface area contributed by atoms with Gasteiger partial charge in [0.05, 0.1) is 0 Å². The van der Waals surface area contributed by atoms with Crippen molar-refractivity contribution in [2.45, 2.75) is 19.8 Å². The van der Waals surface area contributed by atoms with Gasteiger partial charge in [-0.3, -0.25) is 0 Å². The number of benzene rings is 3. The van der Waals surface area contributed by atoms with Gasteiger partial charge < -0.3 is 0 Å². The van der Waals surface area contributed by atoms with E-state index in [1.807, 2.05) is 11.3 Å².